The SMILES string of the molecule is O=C1CCC[C@@H](O)CC1. The highest BCUT2D eigenvalue weighted by Crippen LogP contribution is 2.13. The minimum Gasteiger partial charge on any atom is -0.393 e. The second-order valence-electron chi connectivity index (χ2n) is 2.62. The average molecular weight is 128 g/mol. The van der Waals surface area contributed by atoms with Crippen molar-refractivity contribution in [2.75, 3.05) is 0 Å². The third kappa shape index (κ3) is 2.14. The van der Waals surface area contributed by atoms with Crippen molar-refractivity contribution >= 4 is 5.78 Å². The third-order valence-electron chi connectivity index (χ3n) is 1.75. The smallest absolute Gasteiger partial charge is 0.133 e. The summed E-state index contributed by atoms with van der Waals surface area (Å²) in [7, 11) is 0. The summed E-state index contributed by atoms with van der Waals surface area (Å²) in [6.07, 6.45) is 3.42. The van der Waals surface area contributed by atoms with Crippen LogP contribution in [0.25, 0.3) is 0 Å². The number of carbonyl (C=O) groups is 1. The summed E-state index contributed by atoms with van der Waals surface area (Å²) < 4.78 is 0. The Hall–Kier alpha value is -0.370. The van der Waals surface area contributed by atoms with Crippen molar-refractivity contribution in [2.24, 2.45) is 0 Å². The maximum absolute atomic E-state index is 10.7. The molecule has 2 heteroatoms. The largest absolute Gasteiger partial charge is 0.393 e. The van der Waals surface area contributed by atoms with Crippen LogP contribution in [0.15, 0.2) is 0 Å². The van der Waals surface area contributed by atoms with E-state index in [4.69, 9.17) is 5.11 Å². The number of hydrogen-bond donors (Lipinski definition) is 1. The predicted octanol–water partition coefficient (Wildman–Crippen LogP) is 0.881. The van der Waals surface area contributed by atoms with Crippen LogP contribution < -0.4 is 0 Å². The zero-order valence-corrected chi connectivity index (χ0v) is 5.47. The lowest BCUT2D eigenvalue weighted by Gasteiger charge is -2.01. The maximum atomic E-state index is 10.7. The normalized spacial score (nSPS) is 29.9. The lowest BCUT2D eigenvalue weighted by molar-refractivity contribution is -0.119. The predicted molar refractivity (Wildman–Crippen MR) is 34.1 cm³/mol. The molecule has 0 saturated heterocycles. The lowest BCUT2D eigenvalue weighted by atomic mass is 10.2. The fourth-order valence-corrected chi connectivity index (χ4v) is 1.13. The van der Waals surface area contributed by atoms with Crippen LogP contribution in [0, 0.1) is 0 Å². The van der Waals surface area contributed by atoms with E-state index in [-0.39, 0.29) is 6.10 Å². The van der Waals surface area contributed by atoms with E-state index in [0.29, 0.717) is 25.0 Å². The number of rotatable bonds is 0. The van der Waals surface area contributed by atoms with Crippen molar-refractivity contribution in [3.8, 4) is 0 Å². The molecule has 0 aromatic heterocycles. The molecule has 0 aromatic rings. The van der Waals surface area contributed by atoms with Gasteiger partial charge >= 0.3 is 0 Å². The Morgan fingerprint density at radius 3 is 2.89 bits per heavy atom. The van der Waals surface area contributed by atoms with Gasteiger partial charge in [-0.2, -0.15) is 0 Å². The molecule has 52 valence electrons. The second kappa shape index (κ2) is 2.97. The molecule has 0 aliphatic heterocycles. The topological polar surface area (TPSA) is 37.3 Å². The summed E-state index contributed by atoms with van der Waals surface area (Å²) in [5, 5.41) is 9.05. The van der Waals surface area contributed by atoms with Gasteiger partial charge in [0.1, 0.15) is 5.78 Å². The van der Waals surface area contributed by atoms with Gasteiger partial charge in [0.2, 0.25) is 0 Å². The fourth-order valence-electron chi connectivity index (χ4n) is 1.13. The van der Waals surface area contributed by atoms with Gasteiger partial charge in [-0.15, -0.1) is 0 Å². The highest BCUT2D eigenvalue weighted by Gasteiger charge is 2.12. The number of hydrogen-bond acceptors (Lipinski definition) is 2. The molecule has 1 N–H and O–H groups in total. The molecule has 1 atom stereocenters. The van der Waals surface area contributed by atoms with E-state index in [2.05, 4.69) is 0 Å². The van der Waals surface area contributed by atoms with Crippen molar-refractivity contribution in [3.63, 3.8) is 0 Å². The Morgan fingerprint density at radius 2 is 2.11 bits per heavy atom. The van der Waals surface area contributed by atoms with Gasteiger partial charge < -0.3 is 5.11 Å². The van der Waals surface area contributed by atoms with Crippen molar-refractivity contribution in [3.05, 3.63) is 0 Å². The lowest BCUT2D eigenvalue weighted by Crippen LogP contribution is -2.03. The van der Waals surface area contributed by atoms with Crippen molar-refractivity contribution in [1.82, 2.24) is 0 Å². The molecule has 9 heavy (non-hydrogen) atoms. The molecule has 1 rings (SSSR count). The average Bonchev–Trinajstić information content (AvgIpc) is 1.97. The Balaban J connectivity index is 2.34. The van der Waals surface area contributed by atoms with E-state index >= 15 is 0 Å². The van der Waals surface area contributed by atoms with Crippen LogP contribution in [0.2, 0.25) is 0 Å². The van der Waals surface area contributed by atoms with Crippen LogP contribution in [0.4, 0.5) is 0 Å². The van der Waals surface area contributed by atoms with Crippen LogP contribution in [-0.4, -0.2) is 17.0 Å². The summed E-state index contributed by atoms with van der Waals surface area (Å²) in [5.41, 5.74) is 0. The molecule has 0 unspecified atom stereocenters. The minimum absolute atomic E-state index is 0.212. The summed E-state index contributed by atoms with van der Waals surface area (Å²) in [6.45, 7) is 0. The molecule has 0 heterocycles. The first kappa shape index (κ1) is 6.75. The van der Waals surface area contributed by atoms with Crippen molar-refractivity contribution in [2.45, 2.75) is 38.2 Å². The number of carbonyl (C=O) groups excluding carboxylic acids is 1. The van der Waals surface area contributed by atoms with Gasteiger partial charge in [-0.3, -0.25) is 4.79 Å². The standard InChI is InChI=1S/C7H12O2/c8-6-2-1-3-7(9)5-4-6/h6,8H,1-5H2/t6-/m1/s1. The molecule has 0 bridgehead atoms. The van der Waals surface area contributed by atoms with Crippen LogP contribution in [-0.2, 0) is 4.79 Å². The van der Waals surface area contributed by atoms with Crippen LogP contribution in [0.5, 0.6) is 0 Å². The summed E-state index contributed by atoms with van der Waals surface area (Å²) in [5.74, 6) is 0.312. The van der Waals surface area contributed by atoms with Crippen LogP contribution in [0.3, 0.4) is 0 Å². The second-order valence-corrected chi connectivity index (χ2v) is 2.62. The summed E-state index contributed by atoms with van der Waals surface area (Å²) >= 11 is 0. The van der Waals surface area contributed by atoms with E-state index in [1.165, 1.54) is 0 Å². The Bertz CT molecular complexity index is 109. The highest BCUT2D eigenvalue weighted by molar-refractivity contribution is 5.78. The Morgan fingerprint density at radius 1 is 1.33 bits per heavy atom. The van der Waals surface area contributed by atoms with Crippen LogP contribution in [0.1, 0.15) is 32.1 Å². The van der Waals surface area contributed by atoms with Gasteiger partial charge in [0.25, 0.3) is 0 Å². The molecule has 1 aliphatic rings. The molecular weight excluding hydrogens is 116 g/mol. The number of aliphatic hydroxyl groups is 1. The van der Waals surface area contributed by atoms with Gasteiger partial charge in [0, 0.05) is 12.8 Å². The zero-order valence-electron chi connectivity index (χ0n) is 5.47. The molecule has 0 radical (unpaired) electrons. The Kier molecular flexibility index (Phi) is 2.22. The molecule has 0 aromatic carbocycles. The molecule has 0 amide bonds. The first-order valence-corrected chi connectivity index (χ1v) is 3.49. The van der Waals surface area contributed by atoms with Gasteiger partial charge in [-0.1, -0.05) is 0 Å². The van der Waals surface area contributed by atoms with E-state index < -0.39 is 0 Å². The monoisotopic (exact) mass is 128 g/mol. The molecule has 0 spiro atoms. The third-order valence-corrected chi connectivity index (χ3v) is 1.75. The number of ketones is 1. The minimum atomic E-state index is -0.212. The first-order chi connectivity index (χ1) is 4.29. The van der Waals surface area contributed by atoms with Crippen LogP contribution >= 0.6 is 0 Å². The van der Waals surface area contributed by atoms with Gasteiger partial charge in [-0.25, -0.2) is 0 Å². The molecular formula is C7H12O2. The number of aliphatic hydroxyl groups excluding tert-OH is 1. The quantitative estimate of drug-likeness (QED) is 0.492. The van der Waals surface area contributed by atoms with E-state index in [9.17, 15) is 4.79 Å². The summed E-state index contributed by atoms with van der Waals surface area (Å²) in [4.78, 5) is 10.7. The van der Waals surface area contributed by atoms with E-state index in [1.54, 1.807) is 0 Å². The first-order valence-electron chi connectivity index (χ1n) is 3.49. The van der Waals surface area contributed by atoms with Gasteiger partial charge in [-0.05, 0) is 19.3 Å². The highest BCUT2D eigenvalue weighted by atomic mass is 16.3. The van der Waals surface area contributed by atoms with Crippen molar-refractivity contribution < 1.29 is 9.90 Å². The van der Waals surface area contributed by atoms with Crippen molar-refractivity contribution in [1.29, 1.82) is 0 Å². The Labute approximate surface area is 54.9 Å². The van der Waals surface area contributed by atoms with E-state index in [1.807, 2.05) is 0 Å². The molecule has 1 saturated carbocycles. The zero-order chi connectivity index (χ0) is 6.69. The van der Waals surface area contributed by atoms with Gasteiger partial charge in [0.15, 0.2) is 0 Å². The maximum Gasteiger partial charge on any atom is 0.133 e. The summed E-state index contributed by atoms with van der Waals surface area (Å²) in [6, 6.07) is 0. The van der Waals surface area contributed by atoms with Gasteiger partial charge in [0.05, 0.1) is 6.10 Å². The fraction of sp³-hybridized carbons (Fsp3) is 0.857. The molecule has 1 fully saturated rings. The van der Waals surface area contributed by atoms with E-state index in [0.717, 1.165) is 12.8 Å². The molecule has 1 aliphatic carbocycles. The molecule has 2 nitrogen and oxygen atoms in total. The number of Topliss-reactive ketones (excluding diaryl/α,β-unsaturated/α-hetero) is 1.